The summed E-state index contributed by atoms with van der Waals surface area (Å²) in [6, 6.07) is 16.4. The number of benzene rings is 2. The first-order chi connectivity index (χ1) is 9.72. The van der Waals surface area contributed by atoms with Gasteiger partial charge in [-0.25, -0.2) is 0 Å². The second-order valence-electron chi connectivity index (χ2n) is 4.27. The van der Waals surface area contributed by atoms with Gasteiger partial charge in [0.15, 0.2) is 0 Å². The molecule has 0 atom stereocenters. The fourth-order valence-corrected chi connectivity index (χ4v) is 2.28. The molecule has 0 fully saturated rings. The summed E-state index contributed by atoms with van der Waals surface area (Å²) in [5.41, 5.74) is 3.08. The highest BCUT2D eigenvalue weighted by molar-refractivity contribution is 7.97. The van der Waals surface area contributed by atoms with Crippen molar-refractivity contribution in [1.82, 2.24) is 0 Å². The first-order valence-electron chi connectivity index (χ1n) is 6.12. The van der Waals surface area contributed by atoms with Crippen LogP contribution >= 0.6 is 11.8 Å². The van der Waals surface area contributed by atoms with Crippen molar-refractivity contribution >= 4 is 23.4 Å². The van der Waals surface area contributed by atoms with Crippen molar-refractivity contribution in [3.8, 4) is 6.07 Å². The first kappa shape index (κ1) is 14.2. The van der Waals surface area contributed by atoms with E-state index >= 15 is 0 Å². The van der Waals surface area contributed by atoms with Gasteiger partial charge in [-0.05, 0) is 48.2 Å². The smallest absolute Gasteiger partial charge is 0.255 e. The molecule has 0 bridgehead atoms. The molecule has 0 saturated carbocycles. The van der Waals surface area contributed by atoms with Gasteiger partial charge in [0, 0.05) is 17.0 Å². The number of anilines is 1. The quantitative estimate of drug-likeness (QED) is 0.930. The van der Waals surface area contributed by atoms with Gasteiger partial charge in [-0.15, -0.1) is 0 Å². The van der Waals surface area contributed by atoms with Crippen LogP contribution in [0.15, 0.2) is 48.5 Å². The number of rotatable bonds is 4. The van der Waals surface area contributed by atoms with Crippen molar-refractivity contribution in [2.45, 2.75) is 5.75 Å². The Hall–Kier alpha value is -2.25. The molecule has 3 nitrogen and oxygen atoms in total. The molecule has 1 amide bonds. The maximum absolute atomic E-state index is 12.1. The van der Waals surface area contributed by atoms with Crippen LogP contribution < -0.4 is 5.32 Å². The highest BCUT2D eigenvalue weighted by atomic mass is 32.2. The third kappa shape index (κ3) is 3.62. The van der Waals surface area contributed by atoms with E-state index < -0.39 is 0 Å². The van der Waals surface area contributed by atoms with Gasteiger partial charge < -0.3 is 5.32 Å². The van der Waals surface area contributed by atoms with Crippen molar-refractivity contribution in [2.75, 3.05) is 11.6 Å². The molecule has 0 heterocycles. The second-order valence-corrected chi connectivity index (χ2v) is 5.14. The molecule has 0 aromatic heterocycles. The Morgan fingerprint density at radius 2 is 1.80 bits per heavy atom. The maximum atomic E-state index is 12.1. The van der Waals surface area contributed by atoms with E-state index in [0.29, 0.717) is 16.8 Å². The average molecular weight is 282 g/mol. The summed E-state index contributed by atoms with van der Waals surface area (Å²) in [6.45, 7) is 0. The fourth-order valence-electron chi connectivity index (χ4n) is 1.75. The minimum atomic E-state index is -0.148. The largest absolute Gasteiger partial charge is 0.322 e. The van der Waals surface area contributed by atoms with E-state index in [1.54, 1.807) is 36.0 Å². The molecule has 0 aliphatic heterocycles. The number of nitrogens with zero attached hydrogens (tertiary/aromatic N) is 1. The Bertz CT molecular complexity index is 627. The molecule has 2 rings (SSSR count). The number of amides is 1. The van der Waals surface area contributed by atoms with Crippen LogP contribution in [0.3, 0.4) is 0 Å². The molecular weight excluding hydrogens is 268 g/mol. The first-order valence-corrected chi connectivity index (χ1v) is 7.51. The molecular formula is C16H14N2OS. The lowest BCUT2D eigenvalue weighted by molar-refractivity contribution is 0.102. The molecule has 2 aromatic carbocycles. The molecule has 0 radical (unpaired) electrons. The minimum Gasteiger partial charge on any atom is -0.322 e. The Morgan fingerprint density at radius 3 is 2.35 bits per heavy atom. The lowest BCUT2D eigenvalue weighted by atomic mass is 10.1. The molecule has 0 spiro atoms. The van der Waals surface area contributed by atoms with Crippen LogP contribution in [0.5, 0.6) is 0 Å². The molecule has 0 aliphatic carbocycles. The summed E-state index contributed by atoms with van der Waals surface area (Å²) in [4.78, 5) is 12.1. The summed E-state index contributed by atoms with van der Waals surface area (Å²) >= 11 is 1.75. The Kier molecular flexibility index (Phi) is 4.80. The lowest BCUT2D eigenvalue weighted by Crippen LogP contribution is -2.11. The zero-order chi connectivity index (χ0) is 14.4. The maximum Gasteiger partial charge on any atom is 0.255 e. The third-order valence-electron chi connectivity index (χ3n) is 2.80. The number of carbonyl (C=O) groups is 1. The molecule has 0 aliphatic rings. The molecule has 100 valence electrons. The van der Waals surface area contributed by atoms with Gasteiger partial charge in [0.2, 0.25) is 0 Å². The Labute approximate surface area is 122 Å². The predicted octanol–water partition coefficient (Wildman–Crippen LogP) is 3.67. The van der Waals surface area contributed by atoms with Gasteiger partial charge >= 0.3 is 0 Å². The van der Waals surface area contributed by atoms with Gasteiger partial charge in [-0.2, -0.15) is 17.0 Å². The highest BCUT2D eigenvalue weighted by Crippen LogP contribution is 2.13. The number of nitriles is 1. The zero-order valence-corrected chi connectivity index (χ0v) is 11.9. The van der Waals surface area contributed by atoms with Crippen molar-refractivity contribution in [3.63, 3.8) is 0 Å². The SMILES string of the molecule is CSCc1ccc(C(=O)Nc2ccc(C#N)cc2)cc1. The van der Waals surface area contributed by atoms with E-state index in [1.807, 2.05) is 36.6 Å². The number of carbonyl (C=O) groups excluding carboxylic acids is 1. The topological polar surface area (TPSA) is 52.9 Å². The van der Waals surface area contributed by atoms with E-state index in [-0.39, 0.29) is 5.91 Å². The standard InChI is InChI=1S/C16H14N2OS/c1-20-11-13-2-6-14(7-3-13)16(19)18-15-8-4-12(10-17)5-9-15/h2-9H,11H2,1H3,(H,18,19). The summed E-state index contributed by atoms with van der Waals surface area (Å²) in [7, 11) is 0. The Morgan fingerprint density at radius 1 is 1.15 bits per heavy atom. The summed E-state index contributed by atoms with van der Waals surface area (Å²) < 4.78 is 0. The van der Waals surface area contributed by atoms with Crippen molar-refractivity contribution in [1.29, 1.82) is 5.26 Å². The number of nitrogens with one attached hydrogen (secondary N) is 1. The summed E-state index contributed by atoms with van der Waals surface area (Å²) in [5, 5.41) is 11.5. The van der Waals surface area contributed by atoms with E-state index in [9.17, 15) is 4.79 Å². The lowest BCUT2D eigenvalue weighted by Gasteiger charge is -2.06. The second kappa shape index (κ2) is 6.78. The van der Waals surface area contributed by atoms with Crippen LogP contribution in [0, 0.1) is 11.3 Å². The fraction of sp³-hybridized carbons (Fsp3) is 0.125. The van der Waals surface area contributed by atoms with Crippen LogP contribution in [-0.4, -0.2) is 12.2 Å². The highest BCUT2D eigenvalue weighted by Gasteiger charge is 2.05. The molecule has 2 aromatic rings. The number of hydrogen-bond donors (Lipinski definition) is 1. The third-order valence-corrected chi connectivity index (χ3v) is 3.42. The van der Waals surface area contributed by atoms with Gasteiger partial charge in [-0.3, -0.25) is 4.79 Å². The molecule has 20 heavy (non-hydrogen) atoms. The number of thioether (sulfide) groups is 1. The minimum absolute atomic E-state index is 0.148. The van der Waals surface area contributed by atoms with Crippen molar-refractivity contribution in [2.24, 2.45) is 0 Å². The molecule has 1 N–H and O–H groups in total. The van der Waals surface area contributed by atoms with Crippen molar-refractivity contribution < 1.29 is 4.79 Å². The van der Waals surface area contributed by atoms with Gasteiger partial charge in [0.05, 0.1) is 11.6 Å². The monoisotopic (exact) mass is 282 g/mol. The van der Waals surface area contributed by atoms with Gasteiger partial charge in [-0.1, -0.05) is 12.1 Å². The normalized spacial score (nSPS) is 9.80. The van der Waals surface area contributed by atoms with Crippen LogP contribution in [-0.2, 0) is 5.75 Å². The summed E-state index contributed by atoms with van der Waals surface area (Å²) in [5.74, 6) is 0.794. The zero-order valence-electron chi connectivity index (χ0n) is 11.1. The van der Waals surface area contributed by atoms with Crippen molar-refractivity contribution in [3.05, 3.63) is 65.2 Å². The van der Waals surface area contributed by atoms with E-state index in [0.717, 1.165) is 5.75 Å². The summed E-state index contributed by atoms with van der Waals surface area (Å²) in [6.07, 6.45) is 2.05. The molecule has 4 heteroatoms. The van der Waals surface area contributed by atoms with Gasteiger partial charge in [0.1, 0.15) is 0 Å². The number of hydrogen-bond acceptors (Lipinski definition) is 3. The average Bonchev–Trinajstić information content (AvgIpc) is 2.49. The molecule has 0 saturated heterocycles. The Balaban J connectivity index is 2.05. The van der Waals surface area contributed by atoms with Crippen LogP contribution in [0.1, 0.15) is 21.5 Å². The van der Waals surface area contributed by atoms with Crippen LogP contribution in [0.4, 0.5) is 5.69 Å². The van der Waals surface area contributed by atoms with Crippen LogP contribution in [0.2, 0.25) is 0 Å². The van der Waals surface area contributed by atoms with E-state index in [4.69, 9.17) is 5.26 Å². The van der Waals surface area contributed by atoms with E-state index in [2.05, 4.69) is 5.32 Å². The van der Waals surface area contributed by atoms with Crippen LogP contribution in [0.25, 0.3) is 0 Å². The van der Waals surface area contributed by atoms with Gasteiger partial charge in [0.25, 0.3) is 5.91 Å². The predicted molar refractivity (Wildman–Crippen MR) is 82.8 cm³/mol. The van der Waals surface area contributed by atoms with E-state index in [1.165, 1.54) is 5.56 Å². The molecule has 0 unspecified atom stereocenters.